The highest BCUT2D eigenvalue weighted by molar-refractivity contribution is 5.55. The second-order valence-corrected chi connectivity index (χ2v) is 7.41. The first-order valence-corrected chi connectivity index (χ1v) is 10.5. The molecule has 0 aromatic heterocycles. The summed E-state index contributed by atoms with van der Waals surface area (Å²) < 4.78 is 0. The third-order valence-corrected chi connectivity index (χ3v) is 5.35. The van der Waals surface area contributed by atoms with E-state index in [2.05, 4.69) is 146 Å². The number of rotatable bonds is 7. The molecule has 4 aromatic rings. The van der Waals surface area contributed by atoms with E-state index in [9.17, 15) is 0 Å². The third-order valence-electron chi connectivity index (χ3n) is 5.35. The molecule has 0 saturated carbocycles. The summed E-state index contributed by atoms with van der Waals surface area (Å²) in [7, 11) is 0. The lowest BCUT2D eigenvalue weighted by atomic mass is 9.80. The maximum atomic E-state index is 2.34. The van der Waals surface area contributed by atoms with Gasteiger partial charge in [-0.05, 0) is 22.3 Å². The van der Waals surface area contributed by atoms with Crippen LogP contribution in [-0.4, -0.2) is 0 Å². The Hall–Kier alpha value is -3.64. The van der Waals surface area contributed by atoms with Crippen LogP contribution in [0.25, 0.3) is 12.2 Å². The van der Waals surface area contributed by atoms with Gasteiger partial charge in [-0.1, -0.05) is 146 Å². The molecule has 30 heavy (non-hydrogen) atoms. The predicted molar refractivity (Wildman–Crippen MR) is 129 cm³/mol. The summed E-state index contributed by atoms with van der Waals surface area (Å²) in [5.74, 6) is 0.461. The van der Waals surface area contributed by atoms with E-state index in [1.54, 1.807) is 0 Å². The van der Waals surface area contributed by atoms with Gasteiger partial charge in [0, 0.05) is 11.8 Å². The molecule has 0 saturated heterocycles. The topological polar surface area (TPSA) is 0 Å². The maximum absolute atomic E-state index is 2.34. The van der Waals surface area contributed by atoms with Crippen LogP contribution in [-0.2, 0) is 0 Å². The summed E-state index contributed by atoms with van der Waals surface area (Å²) in [6.45, 7) is 0. The number of hydrogen-bond acceptors (Lipinski definition) is 0. The van der Waals surface area contributed by atoms with Gasteiger partial charge in [-0.3, -0.25) is 0 Å². The molecule has 0 nitrogen and oxygen atoms in total. The zero-order valence-electron chi connectivity index (χ0n) is 17.0. The molecule has 0 N–H and O–H groups in total. The highest BCUT2D eigenvalue weighted by Crippen LogP contribution is 2.36. The Kier molecular flexibility index (Phi) is 6.70. The van der Waals surface area contributed by atoms with E-state index in [4.69, 9.17) is 0 Å². The monoisotopic (exact) mass is 386 g/mol. The van der Waals surface area contributed by atoms with E-state index >= 15 is 0 Å². The first kappa shape index (κ1) is 19.7. The normalized spacial score (nSPS) is 13.5. The molecule has 0 heterocycles. The van der Waals surface area contributed by atoms with E-state index in [1.807, 2.05) is 0 Å². The van der Waals surface area contributed by atoms with Crippen molar-refractivity contribution in [2.75, 3.05) is 0 Å². The van der Waals surface area contributed by atoms with E-state index in [0.717, 1.165) is 0 Å². The molecule has 4 rings (SSSR count). The molecule has 0 radical (unpaired) electrons. The second kappa shape index (κ2) is 10.2. The van der Waals surface area contributed by atoms with Gasteiger partial charge in [0.15, 0.2) is 0 Å². The minimum atomic E-state index is 0.230. The molecule has 0 fully saturated rings. The van der Waals surface area contributed by atoms with Crippen LogP contribution < -0.4 is 0 Å². The Morgan fingerprint density at radius 3 is 1.00 bits per heavy atom. The predicted octanol–water partition coefficient (Wildman–Crippen LogP) is 7.98. The fourth-order valence-corrected chi connectivity index (χ4v) is 3.78. The van der Waals surface area contributed by atoms with Crippen LogP contribution >= 0.6 is 0 Å². The number of hydrogen-bond donors (Lipinski definition) is 0. The zero-order chi connectivity index (χ0) is 20.4. The van der Waals surface area contributed by atoms with Gasteiger partial charge in [-0.2, -0.15) is 0 Å². The van der Waals surface area contributed by atoms with Crippen LogP contribution in [0.5, 0.6) is 0 Å². The molecule has 146 valence electrons. The summed E-state index contributed by atoms with van der Waals surface area (Å²) in [4.78, 5) is 0. The van der Waals surface area contributed by atoms with Crippen molar-refractivity contribution in [3.05, 3.63) is 156 Å². The van der Waals surface area contributed by atoms with Crippen LogP contribution in [0.2, 0.25) is 0 Å². The molecule has 0 aliphatic rings. The molecule has 0 aliphatic carbocycles. The lowest BCUT2D eigenvalue weighted by Crippen LogP contribution is -2.07. The fraction of sp³-hybridized carbons (Fsp3) is 0.0667. The van der Waals surface area contributed by atoms with Crippen molar-refractivity contribution in [1.82, 2.24) is 0 Å². The van der Waals surface area contributed by atoms with Crippen molar-refractivity contribution >= 4 is 12.2 Å². The molecule has 0 amide bonds. The van der Waals surface area contributed by atoms with E-state index < -0.39 is 0 Å². The summed E-state index contributed by atoms with van der Waals surface area (Å²) >= 11 is 0. The molecule has 0 heteroatoms. The van der Waals surface area contributed by atoms with Gasteiger partial charge in [0.25, 0.3) is 0 Å². The molecule has 2 atom stereocenters. The molecule has 0 unspecified atom stereocenters. The zero-order valence-corrected chi connectivity index (χ0v) is 17.0. The van der Waals surface area contributed by atoms with Crippen molar-refractivity contribution < 1.29 is 0 Å². The first-order chi connectivity index (χ1) is 14.9. The summed E-state index contributed by atoms with van der Waals surface area (Å²) in [5, 5.41) is 0. The van der Waals surface area contributed by atoms with E-state index in [-0.39, 0.29) is 11.8 Å². The van der Waals surface area contributed by atoms with Crippen molar-refractivity contribution in [3.8, 4) is 0 Å². The van der Waals surface area contributed by atoms with Gasteiger partial charge >= 0.3 is 0 Å². The van der Waals surface area contributed by atoms with Crippen molar-refractivity contribution in [3.63, 3.8) is 0 Å². The minimum absolute atomic E-state index is 0.230. The smallest absolute Gasteiger partial charge is 0.0125 e. The van der Waals surface area contributed by atoms with Crippen LogP contribution in [0, 0.1) is 0 Å². The molecular weight excluding hydrogens is 360 g/mol. The standard InChI is InChI=1S/C30H26/c1-5-13-25(14-6-1)21-23-29(27-17-9-3-10-18-27)30(28-19-11-4-12-20-28)24-22-26-15-7-2-8-16-26/h1-24,29-30H/b23-21+,24-22+/t29-,30-/m1/s1. The molecular formula is C30H26. The van der Waals surface area contributed by atoms with Crippen LogP contribution in [0.1, 0.15) is 34.1 Å². The average Bonchev–Trinajstić information content (AvgIpc) is 2.83. The van der Waals surface area contributed by atoms with Gasteiger partial charge < -0.3 is 0 Å². The maximum Gasteiger partial charge on any atom is 0.0125 e. The van der Waals surface area contributed by atoms with Crippen LogP contribution in [0.3, 0.4) is 0 Å². The third kappa shape index (κ3) is 5.24. The highest BCUT2D eigenvalue weighted by Gasteiger charge is 2.20. The Morgan fingerprint density at radius 1 is 0.367 bits per heavy atom. The van der Waals surface area contributed by atoms with Gasteiger partial charge in [-0.25, -0.2) is 0 Å². The summed E-state index contributed by atoms with van der Waals surface area (Å²) in [5.41, 5.74) is 5.07. The highest BCUT2D eigenvalue weighted by atomic mass is 14.2. The Balaban J connectivity index is 1.76. The molecule has 0 bridgehead atoms. The average molecular weight is 387 g/mol. The lowest BCUT2D eigenvalue weighted by Gasteiger charge is -2.23. The second-order valence-electron chi connectivity index (χ2n) is 7.41. The van der Waals surface area contributed by atoms with Crippen molar-refractivity contribution in [2.24, 2.45) is 0 Å². The van der Waals surface area contributed by atoms with Gasteiger partial charge in [0.2, 0.25) is 0 Å². The first-order valence-electron chi connectivity index (χ1n) is 10.5. The van der Waals surface area contributed by atoms with Gasteiger partial charge in [0.1, 0.15) is 0 Å². The van der Waals surface area contributed by atoms with Crippen molar-refractivity contribution in [1.29, 1.82) is 0 Å². The van der Waals surface area contributed by atoms with Crippen molar-refractivity contribution in [2.45, 2.75) is 11.8 Å². The van der Waals surface area contributed by atoms with Crippen LogP contribution in [0.15, 0.2) is 133 Å². The molecule has 4 aromatic carbocycles. The fourth-order valence-electron chi connectivity index (χ4n) is 3.78. The SMILES string of the molecule is C(=C\[C@H](c1ccccc1)[C@H](/C=C/c1ccccc1)c1ccccc1)/c1ccccc1. The van der Waals surface area contributed by atoms with Crippen LogP contribution in [0.4, 0.5) is 0 Å². The number of benzene rings is 4. The molecule has 0 spiro atoms. The Morgan fingerprint density at radius 2 is 0.667 bits per heavy atom. The Labute approximate surface area is 179 Å². The quantitative estimate of drug-likeness (QED) is 0.302. The van der Waals surface area contributed by atoms with Gasteiger partial charge in [-0.15, -0.1) is 0 Å². The number of allylic oxidation sites excluding steroid dienone is 2. The Bertz CT molecular complexity index is 971. The van der Waals surface area contributed by atoms with E-state index in [1.165, 1.54) is 22.3 Å². The largest absolute Gasteiger partial charge is 0.0755 e. The van der Waals surface area contributed by atoms with Gasteiger partial charge in [0.05, 0.1) is 0 Å². The summed E-state index contributed by atoms with van der Waals surface area (Å²) in [6.07, 6.45) is 9.17. The lowest BCUT2D eigenvalue weighted by molar-refractivity contribution is 0.743. The van der Waals surface area contributed by atoms with E-state index in [0.29, 0.717) is 0 Å². The molecule has 0 aliphatic heterocycles. The minimum Gasteiger partial charge on any atom is -0.0755 e. The summed E-state index contributed by atoms with van der Waals surface area (Å²) in [6, 6.07) is 42.6.